The SMILES string of the molecule is Cc1cc(C)c(NC(=O)CC(=O)NCCc2ccccc2)c(Cl)c1. The van der Waals surface area contributed by atoms with Crippen molar-refractivity contribution in [2.45, 2.75) is 26.7 Å². The molecular weight excluding hydrogens is 324 g/mol. The molecule has 2 aromatic carbocycles. The molecule has 2 aromatic rings. The number of benzene rings is 2. The first-order valence-electron chi connectivity index (χ1n) is 7.83. The van der Waals surface area contributed by atoms with Gasteiger partial charge in [0.25, 0.3) is 0 Å². The Bertz CT molecular complexity index is 706. The maximum Gasteiger partial charge on any atom is 0.233 e. The van der Waals surface area contributed by atoms with Crippen LogP contribution in [0.2, 0.25) is 5.02 Å². The monoisotopic (exact) mass is 344 g/mol. The van der Waals surface area contributed by atoms with E-state index in [1.807, 2.05) is 50.2 Å². The largest absolute Gasteiger partial charge is 0.355 e. The number of hydrogen-bond donors (Lipinski definition) is 2. The molecule has 2 amide bonds. The Kier molecular flexibility index (Phi) is 6.38. The van der Waals surface area contributed by atoms with Crippen LogP contribution in [0, 0.1) is 13.8 Å². The van der Waals surface area contributed by atoms with Crippen molar-refractivity contribution < 1.29 is 9.59 Å². The number of amides is 2. The third-order valence-electron chi connectivity index (χ3n) is 3.60. The molecule has 0 bridgehead atoms. The molecule has 0 atom stereocenters. The summed E-state index contributed by atoms with van der Waals surface area (Å²) in [7, 11) is 0. The van der Waals surface area contributed by atoms with E-state index in [4.69, 9.17) is 11.6 Å². The van der Waals surface area contributed by atoms with E-state index in [9.17, 15) is 9.59 Å². The zero-order chi connectivity index (χ0) is 17.5. The van der Waals surface area contributed by atoms with Crippen molar-refractivity contribution in [1.29, 1.82) is 0 Å². The van der Waals surface area contributed by atoms with Gasteiger partial charge in [0.1, 0.15) is 6.42 Å². The Morgan fingerprint density at radius 2 is 1.75 bits per heavy atom. The van der Waals surface area contributed by atoms with Gasteiger partial charge in [0.05, 0.1) is 10.7 Å². The number of carbonyl (C=O) groups excluding carboxylic acids is 2. The summed E-state index contributed by atoms with van der Waals surface area (Å²) < 4.78 is 0. The van der Waals surface area contributed by atoms with Gasteiger partial charge in [-0.15, -0.1) is 0 Å². The lowest BCUT2D eigenvalue weighted by atomic mass is 10.1. The van der Waals surface area contributed by atoms with Gasteiger partial charge in [0.15, 0.2) is 0 Å². The lowest BCUT2D eigenvalue weighted by Gasteiger charge is -2.11. The van der Waals surface area contributed by atoms with E-state index in [0.29, 0.717) is 17.3 Å². The quantitative estimate of drug-likeness (QED) is 0.786. The van der Waals surface area contributed by atoms with Crippen molar-refractivity contribution in [2.75, 3.05) is 11.9 Å². The number of hydrogen-bond acceptors (Lipinski definition) is 2. The van der Waals surface area contributed by atoms with Crippen molar-refractivity contribution in [3.05, 3.63) is 64.2 Å². The predicted molar refractivity (Wildman–Crippen MR) is 97.3 cm³/mol. The van der Waals surface area contributed by atoms with Crippen LogP contribution in [-0.2, 0) is 16.0 Å². The summed E-state index contributed by atoms with van der Waals surface area (Å²) in [6, 6.07) is 13.6. The molecule has 0 aliphatic heterocycles. The van der Waals surface area contributed by atoms with E-state index >= 15 is 0 Å². The molecule has 5 heteroatoms. The highest BCUT2D eigenvalue weighted by Crippen LogP contribution is 2.27. The lowest BCUT2D eigenvalue weighted by Crippen LogP contribution is -2.29. The van der Waals surface area contributed by atoms with Gasteiger partial charge in [0.2, 0.25) is 11.8 Å². The van der Waals surface area contributed by atoms with Crippen molar-refractivity contribution in [1.82, 2.24) is 5.32 Å². The number of aryl methyl sites for hydroxylation is 2. The minimum absolute atomic E-state index is 0.224. The van der Waals surface area contributed by atoms with Crippen LogP contribution >= 0.6 is 11.6 Å². The maximum absolute atomic E-state index is 12.0. The molecule has 2 rings (SSSR count). The first-order chi connectivity index (χ1) is 11.5. The molecule has 126 valence electrons. The van der Waals surface area contributed by atoms with E-state index in [1.54, 1.807) is 6.07 Å². The zero-order valence-corrected chi connectivity index (χ0v) is 14.6. The molecule has 0 aromatic heterocycles. The third kappa shape index (κ3) is 5.39. The standard InChI is InChI=1S/C19H21ClN2O2/c1-13-10-14(2)19(16(20)11-13)22-18(24)12-17(23)21-9-8-15-6-4-3-5-7-15/h3-7,10-11H,8-9,12H2,1-2H3,(H,21,23)(H,22,24). The van der Waals surface area contributed by atoms with Gasteiger partial charge < -0.3 is 10.6 Å². The van der Waals surface area contributed by atoms with Gasteiger partial charge in [-0.3, -0.25) is 9.59 Å². The highest BCUT2D eigenvalue weighted by molar-refractivity contribution is 6.34. The van der Waals surface area contributed by atoms with Crippen LogP contribution in [0.4, 0.5) is 5.69 Å². The minimum atomic E-state index is -0.374. The van der Waals surface area contributed by atoms with Crippen molar-refractivity contribution in [3.63, 3.8) is 0 Å². The normalized spacial score (nSPS) is 10.3. The maximum atomic E-state index is 12.0. The molecule has 4 nitrogen and oxygen atoms in total. The second kappa shape index (κ2) is 8.50. The van der Waals surface area contributed by atoms with Crippen LogP contribution in [0.3, 0.4) is 0 Å². The minimum Gasteiger partial charge on any atom is -0.355 e. The second-order valence-corrected chi connectivity index (χ2v) is 6.16. The zero-order valence-electron chi connectivity index (χ0n) is 13.9. The van der Waals surface area contributed by atoms with Gasteiger partial charge in [-0.2, -0.15) is 0 Å². The van der Waals surface area contributed by atoms with Crippen LogP contribution in [-0.4, -0.2) is 18.4 Å². The van der Waals surface area contributed by atoms with Crippen molar-refractivity contribution in [3.8, 4) is 0 Å². The van der Waals surface area contributed by atoms with Crippen LogP contribution in [0.25, 0.3) is 0 Å². The molecule has 0 saturated carbocycles. The molecule has 24 heavy (non-hydrogen) atoms. The fourth-order valence-electron chi connectivity index (χ4n) is 2.46. The highest BCUT2D eigenvalue weighted by atomic mass is 35.5. The summed E-state index contributed by atoms with van der Waals surface area (Å²) in [5, 5.41) is 5.94. The second-order valence-electron chi connectivity index (χ2n) is 5.75. The Hall–Kier alpha value is -2.33. The first-order valence-corrected chi connectivity index (χ1v) is 8.20. The summed E-state index contributed by atoms with van der Waals surface area (Å²) in [4.78, 5) is 23.9. The molecule has 0 aliphatic rings. The Labute approximate surface area is 147 Å². The number of rotatable bonds is 6. The first kappa shape index (κ1) is 18.0. The number of anilines is 1. The summed E-state index contributed by atoms with van der Waals surface area (Å²) >= 11 is 6.15. The van der Waals surface area contributed by atoms with Crippen molar-refractivity contribution >= 4 is 29.1 Å². The third-order valence-corrected chi connectivity index (χ3v) is 3.89. The smallest absolute Gasteiger partial charge is 0.233 e. The van der Waals surface area contributed by atoms with E-state index in [-0.39, 0.29) is 18.2 Å². The fourth-order valence-corrected chi connectivity index (χ4v) is 2.83. The van der Waals surface area contributed by atoms with E-state index in [1.165, 1.54) is 0 Å². The fraction of sp³-hybridized carbons (Fsp3) is 0.263. The highest BCUT2D eigenvalue weighted by Gasteiger charge is 2.13. The average Bonchev–Trinajstić information content (AvgIpc) is 2.52. The van der Waals surface area contributed by atoms with Crippen LogP contribution in [0.5, 0.6) is 0 Å². The molecule has 0 radical (unpaired) electrons. The Balaban J connectivity index is 1.81. The lowest BCUT2D eigenvalue weighted by molar-refractivity contribution is -0.126. The van der Waals surface area contributed by atoms with Gasteiger partial charge in [-0.1, -0.05) is 48.0 Å². The molecule has 0 heterocycles. The predicted octanol–water partition coefficient (Wildman–Crippen LogP) is 3.64. The molecule has 2 N–H and O–H groups in total. The van der Waals surface area contributed by atoms with Gasteiger partial charge in [-0.25, -0.2) is 0 Å². The number of nitrogens with one attached hydrogen (secondary N) is 2. The molecule has 0 spiro atoms. The molecule has 0 fully saturated rings. The molecule has 0 aliphatic carbocycles. The molecule has 0 unspecified atom stereocenters. The van der Waals surface area contributed by atoms with Crippen LogP contribution in [0.1, 0.15) is 23.1 Å². The Morgan fingerprint density at radius 1 is 1.04 bits per heavy atom. The van der Waals surface area contributed by atoms with Gasteiger partial charge in [-0.05, 0) is 43.0 Å². The summed E-state index contributed by atoms with van der Waals surface area (Å²) in [6.07, 6.45) is 0.509. The number of halogens is 1. The van der Waals surface area contributed by atoms with E-state index in [2.05, 4.69) is 10.6 Å². The van der Waals surface area contributed by atoms with Gasteiger partial charge >= 0.3 is 0 Å². The Morgan fingerprint density at radius 3 is 2.42 bits per heavy atom. The van der Waals surface area contributed by atoms with E-state index < -0.39 is 0 Å². The van der Waals surface area contributed by atoms with E-state index in [0.717, 1.165) is 23.1 Å². The van der Waals surface area contributed by atoms with Crippen LogP contribution in [0.15, 0.2) is 42.5 Å². The number of carbonyl (C=O) groups is 2. The summed E-state index contributed by atoms with van der Waals surface area (Å²) in [5.74, 6) is -0.676. The molecule has 0 saturated heterocycles. The van der Waals surface area contributed by atoms with Crippen molar-refractivity contribution in [2.24, 2.45) is 0 Å². The van der Waals surface area contributed by atoms with Crippen LogP contribution < -0.4 is 10.6 Å². The molecular formula is C19H21ClN2O2. The summed E-state index contributed by atoms with van der Waals surface area (Å²) in [6.45, 7) is 4.31. The summed E-state index contributed by atoms with van der Waals surface area (Å²) in [5.41, 5.74) is 3.60. The van der Waals surface area contributed by atoms with Gasteiger partial charge in [0, 0.05) is 6.54 Å². The average molecular weight is 345 g/mol. The topological polar surface area (TPSA) is 58.2 Å².